The fraction of sp³-hybridized carbons (Fsp3) is 0.320. The van der Waals surface area contributed by atoms with Crippen LogP contribution in [-0.4, -0.2) is 32.9 Å². The number of nitrogen functional groups attached to an aromatic ring is 1. The van der Waals surface area contributed by atoms with Crippen molar-refractivity contribution in [3.05, 3.63) is 71.0 Å². The zero-order chi connectivity index (χ0) is 23.3. The second kappa shape index (κ2) is 10.1. The van der Waals surface area contributed by atoms with Gasteiger partial charge in [-0.3, -0.25) is 5.41 Å². The summed E-state index contributed by atoms with van der Waals surface area (Å²) in [4.78, 5) is 8.44. The average Bonchev–Trinajstić information content (AvgIpc) is 3.18. The van der Waals surface area contributed by atoms with Crippen molar-refractivity contribution in [2.24, 2.45) is 0 Å². The first kappa shape index (κ1) is 23.1. The van der Waals surface area contributed by atoms with Gasteiger partial charge in [-0.25, -0.2) is 9.97 Å². The van der Waals surface area contributed by atoms with Crippen LogP contribution in [0.2, 0.25) is 0 Å². The van der Waals surface area contributed by atoms with E-state index in [0.717, 1.165) is 12.8 Å². The highest BCUT2D eigenvalue weighted by Gasteiger charge is 2.24. The summed E-state index contributed by atoms with van der Waals surface area (Å²) in [6, 6.07) is 13.4. The maximum atomic E-state index is 10.3. The van der Waals surface area contributed by atoms with Crippen molar-refractivity contribution in [3.63, 3.8) is 0 Å². The molecule has 1 aliphatic carbocycles. The molecule has 0 fully saturated rings. The molecule has 3 aromatic rings. The Morgan fingerprint density at radius 1 is 1.12 bits per heavy atom. The van der Waals surface area contributed by atoms with Gasteiger partial charge in [0, 0.05) is 11.6 Å². The van der Waals surface area contributed by atoms with E-state index >= 15 is 0 Å². The van der Waals surface area contributed by atoms with E-state index < -0.39 is 0 Å². The van der Waals surface area contributed by atoms with Crippen molar-refractivity contribution in [3.8, 4) is 11.5 Å². The van der Waals surface area contributed by atoms with Gasteiger partial charge in [0.15, 0.2) is 11.5 Å². The molecule has 32 heavy (non-hydrogen) atoms. The third kappa shape index (κ3) is 4.99. The summed E-state index contributed by atoms with van der Waals surface area (Å²) in [6.07, 6.45) is 3.10. The molecule has 4 rings (SSSR count). The van der Waals surface area contributed by atoms with Crippen LogP contribution in [0.25, 0.3) is 0 Å². The molecule has 7 nitrogen and oxygen atoms in total. The highest BCUT2D eigenvalue weighted by molar-refractivity contribution is 6.16. The highest BCUT2D eigenvalue weighted by Crippen LogP contribution is 2.31. The summed E-state index contributed by atoms with van der Waals surface area (Å²) < 4.78 is 5.57. The lowest BCUT2D eigenvalue weighted by atomic mass is 10.0. The molecule has 1 heterocycles. The van der Waals surface area contributed by atoms with Gasteiger partial charge in [-0.2, -0.15) is 0 Å². The van der Waals surface area contributed by atoms with Gasteiger partial charge < -0.3 is 20.9 Å². The normalized spacial score (nSPS) is 12.7. The number of anilines is 2. The number of aromatic nitrogens is 2. The van der Waals surface area contributed by atoms with Crippen molar-refractivity contribution in [1.82, 2.24) is 9.97 Å². The highest BCUT2D eigenvalue weighted by atomic mass is 16.5. The molecule has 0 bridgehead atoms. The number of nitrogens with two attached hydrogens (primary N) is 1. The van der Waals surface area contributed by atoms with E-state index in [4.69, 9.17) is 15.9 Å². The molecule has 0 atom stereocenters. The number of fused-ring (bicyclic) bond motifs is 1. The second-order valence-corrected chi connectivity index (χ2v) is 7.72. The maximum Gasteiger partial charge on any atom is 0.161 e. The van der Waals surface area contributed by atoms with Gasteiger partial charge in [0.2, 0.25) is 0 Å². The molecule has 0 unspecified atom stereocenters. The van der Waals surface area contributed by atoms with Crippen LogP contribution in [0.3, 0.4) is 0 Å². The Balaban J connectivity index is 0.00000141. The first-order chi connectivity index (χ1) is 15.4. The SMILES string of the molecule is CC.CC(C)Oc1ccc(C(=N)c2c(N)ncnc2NC2Cc3ccccc3C2)cc1O. The quantitative estimate of drug-likeness (QED) is 0.423. The third-order valence-electron chi connectivity index (χ3n) is 5.13. The van der Waals surface area contributed by atoms with Crippen LogP contribution in [0.1, 0.15) is 49.9 Å². The summed E-state index contributed by atoms with van der Waals surface area (Å²) in [5.41, 5.74) is 9.83. The molecule has 168 valence electrons. The Morgan fingerprint density at radius 2 is 1.78 bits per heavy atom. The van der Waals surface area contributed by atoms with Crippen LogP contribution < -0.4 is 15.8 Å². The lowest BCUT2D eigenvalue weighted by Gasteiger charge is -2.18. The minimum atomic E-state index is -0.0642. The van der Waals surface area contributed by atoms with E-state index in [9.17, 15) is 5.11 Å². The first-order valence-corrected chi connectivity index (χ1v) is 10.9. The van der Waals surface area contributed by atoms with Gasteiger partial charge in [0.25, 0.3) is 0 Å². The minimum absolute atomic E-state index is 0.0258. The number of aromatic hydroxyl groups is 1. The molecule has 0 radical (unpaired) electrons. The van der Waals surface area contributed by atoms with Gasteiger partial charge in [0.1, 0.15) is 18.0 Å². The summed E-state index contributed by atoms with van der Waals surface area (Å²) in [5.74, 6) is 1.09. The Kier molecular flexibility index (Phi) is 7.30. The number of nitrogens with zero attached hydrogens (tertiary/aromatic N) is 2. The Hall–Kier alpha value is -3.61. The Labute approximate surface area is 189 Å². The zero-order valence-corrected chi connectivity index (χ0v) is 19.0. The van der Waals surface area contributed by atoms with E-state index in [1.807, 2.05) is 39.8 Å². The van der Waals surface area contributed by atoms with E-state index in [1.165, 1.54) is 23.5 Å². The fourth-order valence-corrected chi connectivity index (χ4v) is 3.78. The number of rotatable bonds is 6. The topological polar surface area (TPSA) is 117 Å². The number of ether oxygens (including phenoxy) is 1. The number of phenols is 1. The fourth-order valence-electron chi connectivity index (χ4n) is 3.78. The number of nitrogens with one attached hydrogen (secondary N) is 2. The Bertz CT molecular complexity index is 1070. The van der Waals surface area contributed by atoms with Gasteiger partial charge in [0.05, 0.1) is 17.4 Å². The van der Waals surface area contributed by atoms with E-state index in [1.54, 1.807) is 12.1 Å². The molecule has 2 aromatic carbocycles. The van der Waals surface area contributed by atoms with Gasteiger partial charge in [-0.15, -0.1) is 0 Å². The lowest BCUT2D eigenvalue weighted by molar-refractivity contribution is 0.232. The van der Waals surface area contributed by atoms with Crippen LogP contribution in [0, 0.1) is 5.41 Å². The van der Waals surface area contributed by atoms with Crippen LogP contribution in [0.5, 0.6) is 11.5 Å². The molecule has 7 heteroatoms. The smallest absolute Gasteiger partial charge is 0.161 e. The second-order valence-electron chi connectivity index (χ2n) is 7.72. The summed E-state index contributed by atoms with van der Waals surface area (Å²) in [5, 5.41) is 22.5. The average molecular weight is 434 g/mol. The van der Waals surface area contributed by atoms with E-state index in [2.05, 4.69) is 27.4 Å². The van der Waals surface area contributed by atoms with Gasteiger partial charge in [-0.1, -0.05) is 38.1 Å². The van der Waals surface area contributed by atoms with Gasteiger partial charge in [-0.05, 0) is 56.0 Å². The number of phenolic OH excluding ortho intramolecular Hbond substituents is 1. The molecule has 1 aliphatic rings. The molecular formula is C25H31N5O2. The van der Waals surface area contributed by atoms with Crippen molar-refractivity contribution in [2.45, 2.75) is 52.7 Å². The van der Waals surface area contributed by atoms with Crippen LogP contribution in [0.15, 0.2) is 48.8 Å². The molecule has 1 aromatic heterocycles. The van der Waals surface area contributed by atoms with Crippen molar-refractivity contribution in [1.29, 1.82) is 5.41 Å². The monoisotopic (exact) mass is 433 g/mol. The predicted octanol–water partition coefficient (Wildman–Crippen LogP) is 4.57. The third-order valence-corrected chi connectivity index (χ3v) is 5.13. The lowest BCUT2D eigenvalue weighted by Crippen LogP contribution is -2.23. The minimum Gasteiger partial charge on any atom is -0.504 e. The zero-order valence-electron chi connectivity index (χ0n) is 19.0. The van der Waals surface area contributed by atoms with Crippen molar-refractivity contribution >= 4 is 17.3 Å². The summed E-state index contributed by atoms with van der Waals surface area (Å²) in [6.45, 7) is 7.77. The largest absolute Gasteiger partial charge is 0.504 e. The molecule has 0 amide bonds. The molecule has 0 aliphatic heterocycles. The number of hydrogen-bond donors (Lipinski definition) is 4. The summed E-state index contributed by atoms with van der Waals surface area (Å²) in [7, 11) is 0. The van der Waals surface area contributed by atoms with Crippen molar-refractivity contribution < 1.29 is 9.84 Å². The maximum absolute atomic E-state index is 10.3. The molecule has 0 spiro atoms. The predicted molar refractivity (Wildman–Crippen MR) is 129 cm³/mol. The number of hydrogen-bond acceptors (Lipinski definition) is 7. The standard InChI is InChI=1S/C23H25N5O2.C2H6/c1-13(2)30-19-8-7-16(11-18(19)29)21(24)20-22(25)26-12-27-23(20)28-17-9-14-5-3-4-6-15(14)10-17;1-2/h3-8,11-13,17,24,29H,9-10H2,1-2H3,(H3,25,26,27,28);1-2H3. The molecular weight excluding hydrogens is 402 g/mol. The Morgan fingerprint density at radius 3 is 2.38 bits per heavy atom. The van der Waals surface area contributed by atoms with Crippen LogP contribution in [0.4, 0.5) is 11.6 Å². The van der Waals surface area contributed by atoms with E-state index in [-0.39, 0.29) is 29.4 Å². The van der Waals surface area contributed by atoms with Crippen LogP contribution in [-0.2, 0) is 12.8 Å². The van der Waals surface area contributed by atoms with Crippen LogP contribution >= 0.6 is 0 Å². The number of benzene rings is 2. The first-order valence-electron chi connectivity index (χ1n) is 10.9. The summed E-state index contributed by atoms with van der Waals surface area (Å²) >= 11 is 0. The van der Waals surface area contributed by atoms with Gasteiger partial charge >= 0.3 is 0 Å². The molecule has 5 N–H and O–H groups in total. The molecule has 0 saturated carbocycles. The van der Waals surface area contributed by atoms with Crippen molar-refractivity contribution in [2.75, 3.05) is 11.1 Å². The van der Waals surface area contributed by atoms with E-state index in [0.29, 0.717) is 22.7 Å². The molecule has 0 saturated heterocycles.